The van der Waals surface area contributed by atoms with Gasteiger partial charge in [0.05, 0.1) is 26.2 Å². The zero-order valence-electron chi connectivity index (χ0n) is 14.3. The molecule has 1 amide bonds. The van der Waals surface area contributed by atoms with Crippen LogP contribution in [0, 0.1) is 0 Å². The zero-order chi connectivity index (χ0) is 17.6. The van der Waals surface area contributed by atoms with E-state index in [0.29, 0.717) is 37.7 Å². The molecule has 2 aromatic carbocycles. The second-order valence-electron chi connectivity index (χ2n) is 6.00. The number of hydrogen-bond acceptors (Lipinski definition) is 3. The topological polar surface area (TPSA) is 38.8 Å². The number of carbonyl (C=O) groups is 1. The second kappa shape index (κ2) is 8.37. The Morgan fingerprint density at radius 3 is 2.60 bits per heavy atom. The Hall–Kier alpha value is -2.04. The molecule has 0 radical (unpaired) electrons. The van der Waals surface area contributed by atoms with Crippen LogP contribution in [0.3, 0.4) is 0 Å². The summed E-state index contributed by atoms with van der Waals surface area (Å²) < 4.78 is 11.3. The molecule has 132 valence electrons. The molecule has 3 rings (SSSR count). The highest BCUT2D eigenvalue weighted by Crippen LogP contribution is 2.24. The third kappa shape index (κ3) is 4.74. The van der Waals surface area contributed by atoms with Crippen LogP contribution in [0.2, 0.25) is 5.02 Å². The number of carbonyl (C=O) groups excluding carboxylic acids is 1. The number of halogens is 1. The van der Waals surface area contributed by atoms with Crippen LogP contribution in [0.4, 0.5) is 0 Å². The van der Waals surface area contributed by atoms with Gasteiger partial charge in [0.1, 0.15) is 11.9 Å². The van der Waals surface area contributed by atoms with E-state index in [2.05, 4.69) is 0 Å². The lowest BCUT2D eigenvalue weighted by Crippen LogP contribution is -2.42. The molecular weight excluding hydrogens is 338 g/mol. The summed E-state index contributed by atoms with van der Waals surface area (Å²) in [6.07, 6.45) is 0.287. The average molecular weight is 360 g/mol. The summed E-state index contributed by atoms with van der Waals surface area (Å²) in [6, 6.07) is 15.3. The predicted molar refractivity (Wildman–Crippen MR) is 98.0 cm³/mol. The SMILES string of the molecule is CCOc1ccc(CC(=O)N2CCOC(c3ccc(Cl)cc3)C2)cc1. The molecule has 2 aromatic rings. The van der Waals surface area contributed by atoms with E-state index >= 15 is 0 Å². The minimum absolute atomic E-state index is 0.102. The summed E-state index contributed by atoms with van der Waals surface area (Å²) >= 11 is 5.94. The molecule has 1 fully saturated rings. The monoisotopic (exact) mass is 359 g/mol. The van der Waals surface area contributed by atoms with Crippen molar-refractivity contribution in [1.82, 2.24) is 4.90 Å². The predicted octanol–water partition coefficient (Wildman–Crippen LogP) is 3.88. The van der Waals surface area contributed by atoms with Crippen LogP contribution in [-0.2, 0) is 16.0 Å². The van der Waals surface area contributed by atoms with E-state index in [9.17, 15) is 4.79 Å². The number of rotatable bonds is 5. The molecule has 0 N–H and O–H groups in total. The van der Waals surface area contributed by atoms with Crippen LogP contribution >= 0.6 is 11.6 Å². The second-order valence-corrected chi connectivity index (χ2v) is 6.44. The van der Waals surface area contributed by atoms with Crippen LogP contribution in [0.25, 0.3) is 0 Å². The normalized spacial score (nSPS) is 17.4. The molecule has 1 atom stereocenters. The summed E-state index contributed by atoms with van der Waals surface area (Å²) in [6.45, 7) is 4.32. The van der Waals surface area contributed by atoms with E-state index < -0.39 is 0 Å². The van der Waals surface area contributed by atoms with Gasteiger partial charge in [0, 0.05) is 11.6 Å². The molecule has 0 saturated carbocycles. The van der Waals surface area contributed by atoms with Gasteiger partial charge in [-0.15, -0.1) is 0 Å². The number of benzene rings is 2. The van der Waals surface area contributed by atoms with Gasteiger partial charge in [0.2, 0.25) is 5.91 Å². The highest BCUT2D eigenvalue weighted by atomic mass is 35.5. The summed E-state index contributed by atoms with van der Waals surface area (Å²) in [4.78, 5) is 14.5. The van der Waals surface area contributed by atoms with Gasteiger partial charge in [-0.2, -0.15) is 0 Å². The minimum atomic E-state index is -0.102. The van der Waals surface area contributed by atoms with Gasteiger partial charge >= 0.3 is 0 Å². The zero-order valence-corrected chi connectivity index (χ0v) is 15.0. The van der Waals surface area contributed by atoms with E-state index in [0.717, 1.165) is 16.9 Å². The van der Waals surface area contributed by atoms with Crippen molar-refractivity contribution in [2.75, 3.05) is 26.3 Å². The van der Waals surface area contributed by atoms with Gasteiger partial charge in [0.15, 0.2) is 0 Å². The maximum absolute atomic E-state index is 12.6. The van der Waals surface area contributed by atoms with Gasteiger partial charge in [-0.05, 0) is 42.3 Å². The lowest BCUT2D eigenvalue weighted by atomic mass is 10.1. The molecule has 4 nitrogen and oxygen atoms in total. The van der Waals surface area contributed by atoms with Gasteiger partial charge in [0.25, 0.3) is 0 Å². The van der Waals surface area contributed by atoms with Crippen LogP contribution in [-0.4, -0.2) is 37.1 Å². The lowest BCUT2D eigenvalue weighted by molar-refractivity contribution is -0.138. The van der Waals surface area contributed by atoms with Crippen LogP contribution in [0.1, 0.15) is 24.2 Å². The Labute approximate surface area is 153 Å². The van der Waals surface area contributed by atoms with Crippen LogP contribution < -0.4 is 4.74 Å². The highest BCUT2D eigenvalue weighted by molar-refractivity contribution is 6.30. The first-order valence-corrected chi connectivity index (χ1v) is 8.90. The Morgan fingerprint density at radius 1 is 1.20 bits per heavy atom. The average Bonchev–Trinajstić information content (AvgIpc) is 2.64. The van der Waals surface area contributed by atoms with Crippen molar-refractivity contribution >= 4 is 17.5 Å². The van der Waals surface area contributed by atoms with Crippen molar-refractivity contribution in [1.29, 1.82) is 0 Å². The maximum Gasteiger partial charge on any atom is 0.227 e. The van der Waals surface area contributed by atoms with Crippen molar-refractivity contribution in [2.24, 2.45) is 0 Å². The molecule has 0 aromatic heterocycles. The van der Waals surface area contributed by atoms with Crippen molar-refractivity contribution < 1.29 is 14.3 Å². The summed E-state index contributed by atoms with van der Waals surface area (Å²) in [5.74, 6) is 0.944. The quantitative estimate of drug-likeness (QED) is 0.813. The fourth-order valence-corrected chi connectivity index (χ4v) is 3.04. The van der Waals surface area contributed by atoms with Crippen LogP contribution in [0.5, 0.6) is 5.75 Å². The number of hydrogen-bond donors (Lipinski definition) is 0. The maximum atomic E-state index is 12.6. The minimum Gasteiger partial charge on any atom is -0.494 e. The smallest absolute Gasteiger partial charge is 0.227 e. The molecule has 25 heavy (non-hydrogen) atoms. The molecule has 0 bridgehead atoms. The molecule has 1 aliphatic heterocycles. The Bertz CT molecular complexity index is 700. The summed E-state index contributed by atoms with van der Waals surface area (Å²) in [5, 5.41) is 0.697. The van der Waals surface area contributed by atoms with E-state index in [4.69, 9.17) is 21.1 Å². The third-order valence-corrected chi connectivity index (χ3v) is 4.50. The van der Waals surface area contributed by atoms with Crippen molar-refractivity contribution in [3.8, 4) is 5.75 Å². The third-order valence-electron chi connectivity index (χ3n) is 4.25. The molecule has 1 heterocycles. The lowest BCUT2D eigenvalue weighted by Gasteiger charge is -2.33. The van der Waals surface area contributed by atoms with E-state index in [1.165, 1.54) is 0 Å². The molecule has 5 heteroatoms. The first-order valence-electron chi connectivity index (χ1n) is 8.52. The van der Waals surface area contributed by atoms with Crippen molar-refractivity contribution in [3.63, 3.8) is 0 Å². The number of morpholine rings is 1. The van der Waals surface area contributed by atoms with E-state index in [1.807, 2.05) is 60.4 Å². The fraction of sp³-hybridized carbons (Fsp3) is 0.350. The van der Waals surface area contributed by atoms with Gasteiger partial charge in [-0.25, -0.2) is 0 Å². The molecule has 1 aliphatic rings. The largest absolute Gasteiger partial charge is 0.494 e. The number of amides is 1. The van der Waals surface area contributed by atoms with Crippen molar-refractivity contribution in [2.45, 2.75) is 19.4 Å². The Morgan fingerprint density at radius 2 is 1.92 bits per heavy atom. The van der Waals surface area contributed by atoms with Gasteiger partial charge < -0.3 is 14.4 Å². The van der Waals surface area contributed by atoms with E-state index in [1.54, 1.807) is 0 Å². The summed E-state index contributed by atoms with van der Waals surface area (Å²) in [5.41, 5.74) is 2.03. The standard InChI is InChI=1S/C20H22ClNO3/c1-2-24-18-9-3-15(4-10-18)13-20(23)22-11-12-25-19(14-22)16-5-7-17(21)8-6-16/h3-10,19H,2,11-14H2,1H3. The summed E-state index contributed by atoms with van der Waals surface area (Å²) in [7, 11) is 0. The highest BCUT2D eigenvalue weighted by Gasteiger charge is 2.25. The Balaban J connectivity index is 1.60. The van der Waals surface area contributed by atoms with Crippen molar-refractivity contribution in [3.05, 3.63) is 64.7 Å². The van der Waals surface area contributed by atoms with E-state index in [-0.39, 0.29) is 12.0 Å². The first kappa shape index (κ1) is 17.8. The molecule has 0 aliphatic carbocycles. The number of ether oxygens (including phenoxy) is 2. The van der Waals surface area contributed by atoms with Gasteiger partial charge in [-0.3, -0.25) is 4.79 Å². The Kier molecular flexibility index (Phi) is 5.95. The van der Waals surface area contributed by atoms with Gasteiger partial charge in [-0.1, -0.05) is 35.9 Å². The first-order chi connectivity index (χ1) is 12.2. The number of nitrogens with zero attached hydrogens (tertiary/aromatic N) is 1. The molecule has 1 saturated heterocycles. The molecule has 1 unspecified atom stereocenters. The molecule has 0 spiro atoms. The van der Waals surface area contributed by atoms with Crippen LogP contribution in [0.15, 0.2) is 48.5 Å². The molecular formula is C20H22ClNO3. The fourth-order valence-electron chi connectivity index (χ4n) is 2.91.